The van der Waals surface area contributed by atoms with E-state index >= 15 is 0 Å². The first-order valence-electron chi connectivity index (χ1n) is 7.03. The molecule has 0 heterocycles. The van der Waals surface area contributed by atoms with Crippen molar-refractivity contribution >= 4 is 11.9 Å². The molecule has 0 bridgehead atoms. The third kappa shape index (κ3) is 6.29. The van der Waals surface area contributed by atoms with Crippen molar-refractivity contribution in [1.82, 2.24) is 0 Å². The highest BCUT2D eigenvalue weighted by Crippen LogP contribution is 2.13. The van der Waals surface area contributed by atoms with Crippen LogP contribution in [0.1, 0.15) is 37.0 Å². The molecule has 5 heteroatoms. The van der Waals surface area contributed by atoms with Crippen LogP contribution in [0.15, 0.2) is 24.3 Å². The number of hydrogen-bond donors (Lipinski definition) is 0. The summed E-state index contributed by atoms with van der Waals surface area (Å²) in [4.78, 5) is 22.7. The van der Waals surface area contributed by atoms with Gasteiger partial charge >= 0.3 is 11.9 Å². The zero-order valence-electron chi connectivity index (χ0n) is 12.8. The fraction of sp³-hybridized carbons (Fsp3) is 0.500. The molecule has 0 unspecified atom stereocenters. The third-order valence-corrected chi connectivity index (χ3v) is 3.20. The molecular formula is C16H22O5. The summed E-state index contributed by atoms with van der Waals surface area (Å²) in [7, 11) is 1.32. The summed E-state index contributed by atoms with van der Waals surface area (Å²) in [5, 5.41) is 0. The Kier molecular flexibility index (Phi) is 7.29. The molecule has 0 saturated carbocycles. The summed E-state index contributed by atoms with van der Waals surface area (Å²) in [5.41, 5.74) is 0.431. The Bertz CT molecular complexity index is 452. The Balaban J connectivity index is 2.31. The zero-order chi connectivity index (χ0) is 15.7. The van der Waals surface area contributed by atoms with Crippen LogP contribution < -0.4 is 4.74 Å². The van der Waals surface area contributed by atoms with Gasteiger partial charge in [-0.25, -0.2) is 9.59 Å². The lowest BCUT2D eigenvalue weighted by molar-refractivity contribution is -0.146. The standard InChI is InChI=1S/C16H22O5/c1-4-12(2)9-10-20-15(17)11-21-14-7-5-13(6-8-14)16(18)19-3/h5-8,12H,4,9-11H2,1-3H3/t12-/m0/s1. The summed E-state index contributed by atoms with van der Waals surface area (Å²) < 4.78 is 15.0. The van der Waals surface area contributed by atoms with Gasteiger partial charge in [0.25, 0.3) is 0 Å². The molecule has 0 aromatic heterocycles. The molecule has 1 atom stereocenters. The highest BCUT2D eigenvalue weighted by molar-refractivity contribution is 5.89. The molecule has 0 aliphatic rings. The fourth-order valence-corrected chi connectivity index (χ4v) is 1.57. The fourth-order valence-electron chi connectivity index (χ4n) is 1.57. The van der Waals surface area contributed by atoms with Gasteiger partial charge in [0, 0.05) is 0 Å². The number of rotatable bonds is 8. The van der Waals surface area contributed by atoms with Gasteiger partial charge in [0.15, 0.2) is 6.61 Å². The lowest BCUT2D eigenvalue weighted by Gasteiger charge is -2.10. The minimum Gasteiger partial charge on any atom is -0.482 e. The Morgan fingerprint density at radius 3 is 2.43 bits per heavy atom. The van der Waals surface area contributed by atoms with E-state index in [1.54, 1.807) is 24.3 Å². The molecule has 0 N–H and O–H groups in total. The second kappa shape index (κ2) is 9.00. The van der Waals surface area contributed by atoms with Crippen molar-refractivity contribution in [2.45, 2.75) is 26.7 Å². The molecule has 0 fully saturated rings. The van der Waals surface area contributed by atoms with Crippen LogP contribution in [0.25, 0.3) is 0 Å². The lowest BCUT2D eigenvalue weighted by atomic mass is 10.1. The number of benzene rings is 1. The van der Waals surface area contributed by atoms with E-state index in [0.29, 0.717) is 23.8 Å². The number of carbonyl (C=O) groups is 2. The van der Waals surface area contributed by atoms with Crippen molar-refractivity contribution in [3.63, 3.8) is 0 Å². The summed E-state index contributed by atoms with van der Waals surface area (Å²) >= 11 is 0. The number of hydrogen-bond acceptors (Lipinski definition) is 5. The minimum atomic E-state index is -0.411. The van der Waals surface area contributed by atoms with Crippen molar-refractivity contribution in [3.05, 3.63) is 29.8 Å². The average molecular weight is 294 g/mol. The number of methoxy groups -OCH3 is 1. The van der Waals surface area contributed by atoms with Crippen molar-refractivity contribution in [3.8, 4) is 5.75 Å². The van der Waals surface area contributed by atoms with Crippen molar-refractivity contribution < 1.29 is 23.8 Å². The number of esters is 2. The zero-order valence-corrected chi connectivity index (χ0v) is 12.8. The Morgan fingerprint density at radius 1 is 1.19 bits per heavy atom. The van der Waals surface area contributed by atoms with Gasteiger partial charge in [0.1, 0.15) is 5.75 Å². The second-order valence-corrected chi connectivity index (χ2v) is 4.83. The average Bonchev–Trinajstić information content (AvgIpc) is 2.52. The van der Waals surface area contributed by atoms with E-state index in [2.05, 4.69) is 18.6 Å². The van der Waals surface area contributed by atoms with E-state index in [1.807, 2.05) is 0 Å². The highest BCUT2D eigenvalue weighted by atomic mass is 16.6. The molecule has 1 aromatic carbocycles. The van der Waals surface area contributed by atoms with Gasteiger partial charge in [-0.05, 0) is 36.6 Å². The molecule has 1 aromatic rings. The lowest BCUT2D eigenvalue weighted by Crippen LogP contribution is -2.16. The van der Waals surface area contributed by atoms with E-state index in [-0.39, 0.29) is 6.61 Å². The van der Waals surface area contributed by atoms with Gasteiger partial charge in [-0.2, -0.15) is 0 Å². The third-order valence-electron chi connectivity index (χ3n) is 3.20. The number of carbonyl (C=O) groups excluding carboxylic acids is 2. The Morgan fingerprint density at radius 2 is 1.86 bits per heavy atom. The molecule has 5 nitrogen and oxygen atoms in total. The maximum atomic E-state index is 11.5. The first kappa shape index (κ1) is 17.0. The van der Waals surface area contributed by atoms with Crippen LogP contribution >= 0.6 is 0 Å². The molecule has 0 amide bonds. The molecule has 116 valence electrons. The van der Waals surface area contributed by atoms with Gasteiger partial charge in [-0.15, -0.1) is 0 Å². The molecule has 0 saturated heterocycles. The molecular weight excluding hydrogens is 272 g/mol. The van der Waals surface area contributed by atoms with Crippen molar-refractivity contribution in [2.75, 3.05) is 20.3 Å². The van der Waals surface area contributed by atoms with E-state index < -0.39 is 11.9 Å². The summed E-state index contributed by atoms with van der Waals surface area (Å²) in [6.45, 7) is 4.50. The summed E-state index contributed by atoms with van der Waals surface area (Å²) in [5.74, 6) is 0.243. The summed E-state index contributed by atoms with van der Waals surface area (Å²) in [6.07, 6.45) is 1.93. The predicted octanol–water partition coefficient (Wildman–Crippen LogP) is 2.83. The van der Waals surface area contributed by atoms with Crippen LogP contribution in [0.3, 0.4) is 0 Å². The molecule has 0 radical (unpaired) electrons. The Hall–Kier alpha value is -2.04. The first-order chi connectivity index (χ1) is 10.1. The molecule has 0 aliphatic carbocycles. The van der Waals surface area contributed by atoms with Gasteiger partial charge in [0.05, 0.1) is 19.3 Å². The quantitative estimate of drug-likeness (QED) is 0.690. The van der Waals surface area contributed by atoms with Crippen LogP contribution in [-0.2, 0) is 14.3 Å². The van der Waals surface area contributed by atoms with Gasteiger partial charge in [0.2, 0.25) is 0 Å². The van der Waals surface area contributed by atoms with Crippen LogP contribution in [0.2, 0.25) is 0 Å². The van der Waals surface area contributed by atoms with E-state index in [4.69, 9.17) is 9.47 Å². The minimum absolute atomic E-state index is 0.141. The van der Waals surface area contributed by atoms with Crippen LogP contribution in [-0.4, -0.2) is 32.3 Å². The molecule has 0 aliphatic heterocycles. The van der Waals surface area contributed by atoms with Crippen LogP contribution in [0.5, 0.6) is 5.75 Å². The van der Waals surface area contributed by atoms with E-state index in [1.165, 1.54) is 7.11 Å². The van der Waals surface area contributed by atoms with Crippen LogP contribution in [0.4, 0.5) is 0 Å². The molecule has 21 heavy (non-hydrogen) atoms. The Labute approximate surface area is 125 Å². The molecule has 0 spiro atoms. The van der Waals surface area contributed by atoms with Gasteiger partial charge in [-0.3, -0.25) is 0 Å². The van der Waals surface area contributed by atoms with Gasteiger partial charge < -0.3 is 14.2 Å². The topological polar surface area (TPSA) is 61.8 Å². The highest BCUT2D eigenvalue weighted by Gasteiger charge is 2.08. The van der Waals surface area contributed by atoms with Crippen molar-refractivity contribution in [1.29, 1.82) is 0 Å². The predicted molar refractivity (Wildman–Crippen MR) is 78.3 cm³/mol. The number of ether oxygens (including phenoxy) is 3. The largest absolute Gasteiger partial charge is 0.482 e. The van der Waals surface area contributed by atoms with Gasteiger partial charge in [-0.1, -0.05) is 20.3 Å². The van der Waals surface area contributed by atoms with E-state index in [9.17, 15) is 9.59 Å². The first-order valence-corrected chi connectivity index (χ1v) is 7.03. The molecule has 1 rings (SSSR count). The van der Waals surface area contributed by atoms with Crippen LogP contribution in [0, 0.1) is 5.92 Å². The van der Waals surface area contributed by atoms with Crippen molar-refractivity contribution in [2.24, 2.45) is 5.92 Å². The second-order valence-electron chi connectivity index (χ2n) is 4.83. The smallest absolute Gasteiger partial charge is 0.344 e. The maximum absolute atomic E-state index is 11.5. The SMILES string of the molecule is CC[C@H](C)CCOC(=O)COc1ccc(C(=O)OC)cc1. The monoisotopic (exact) mass is 294 g/mol. The summed E-state index contributed by atoms with van der Waals surface area (Å²) in [6, 6.07) is 6.38. The normalized spacial score (nSPS) is 11.6. The van der Waals surface area contributed by atoms with E-state index in [0.717, 1.165) is 12.8 Å². The maximum Gasteiger partial charge on any atom is 0.344 e.